The van der Waals surface area contributed by atoms with Crippen LogP contribution in [0, 0.1) is 6.92 Å². The molecule has 0 aliphatic carbocycles. The van der Waals surface area contributed by atoms with E-state index in [9.17, 15) is 14.4 Å². The van der Waals surface area contributed by atoms with Crippen LogP contribution in [0.2, 0.25) is 0 Å². The van der Waals surface area contributed by atoms with Crippen molar-refractivity contribution in [2.24, 2.45) is 0 Å². The third-order valence-electron chi connectivity index (χ3n) is 5.94. The lowest BCUT2D eigenvalue weighted by atomic mass is 10.0. The number of nitrogens with zero attached hydrogens (tertiary/aromatic N) is 1. The number of aryl methyl sites for hydroxylation is 1. The highest BCUT2D eigenvalue weighted by atomic mass is 79.9. The molecule has 4 aromatic carbocycles. The fourth-order valence-electron chi connectivity index (χ4n) is 4.10. The molecule has 0 unspecified atom stereocenters. The molecular formula is C29H21BrN2O4. The second-order valence-electron chi connectivity index (χ2n) is 8.40. The summed E-state index contributed by atoms with van der Waals surface area (Å²) in [6.45, 7) is 2.10. The summed E-state index contributed by atoms with van der Waals surface area (Å²) < 4.78 is 6.85. The van der Waals surface area contributed by atoms with Crippen molar-refractivity contribution < 1.29 is 19.1 Å². The molecule has 1 aliphatic rings. The number of para-hydroxylation sites is 1. The normalized spacial score (nSPS) is 14.9. The molecule has 1 fully saturated rings. The number of anilines is 1. The van der Waals surface area contributed by atoms with Crippen LogP contribution in [0.25, 0.3) is 16.8 Å². The van der Waals surface area contributed by atoms with Gasteiger partial charge in [-0.25, -0.2) is 9.69 Å². The van der Waals surface area contributed by atoms with E-state index in [0.717, 1.165) is 31.3 Å². The van der Waals surface area contributed by atoms with Gasteiger partial charge < -0.3 is 4.74 Å². The minimum atomic E-state index is -0.779. The first-order valence-corrected chi connectivity index (χ1v) is 12.1. The van der Waals surface area contributed by atoms with Crippen LogP contribution in [0.5, 0.6) is 5.75 Å². The van der Waals surface area contributed by atoms with Crippen LogP contribution in [0.1, 0.15) is 16.7 Å². The predicted octanol–water partition coefficient (Wildman–Crippen LogP) is 6.16. The van der Waals surface area contributed by atoms with E-state index >= 15 is 0 Å². The number of hydrogen-bond donors (Lipinski definition) is 1. The van der Waals surface area contributed by atoms with Gasteiger partial charge in [-0.1, -0.05) is 70.5 Å². The number of barbiturate groups is 1. The maximum Gasteiger partial charge on any atom is 0.335 e. The number of hydrogen-bond acceptors (Lipinski definition) is 4. The number of nitrogens with one attached hydrogen (secondary N) is 1. The van der Waals surface area contributed by atoms with Crippen LogP contribution >= 0.6 is 15.9 Å². The smallest absolute Gasteiger partial charge is 0.335 e. The quantitative estimate of drug-likeness (QED) is 0.243. The Labute approximate surface area is 216 Å². The molecule has 5 rings (SSSR count). The molecule has 1 saturated heterocycles. The van der Waals surface area contributed by atoms with Gasteiger partial charge in [0.05, 0.1) is 5.69 Å². The van der Waals surface area contributed by atoms with Crippen LogP contribution in [0.4, 0.5) is 10.5 Å². The molecule has 0 atom stereocenters. The maximum atomic E-state index is 13.3. The Morgan fingerprint density at radius 1 is 0.889 bits per heavy atom. The average molecular weight is 541 g/mol. The van der Waals surface area contributed by atoms with Gasteiger partial charge in [-0.3, -0.25) is 14.9 Å². The van der Waals surface area contributed by atoms with Crippen molar-refractivity contribution >= 4 is 56.3 Å². The number of urea groups is 1. The molecule has 6 nitrogen and oxygen atoms in total. The average Bonchev–Trinajstić information content (AvgIpc) is 2.87. The number of carbonyl (C=O) groups excluding carboxylic acids is 3. The Morgan fingerprint density at radius 3 is 2.44 bits per heavy atom. The minimum Gasteiger partial charge on any atom is -0.488 e. The van der Waals surface area contributed by atoms with E-state index in [1.165, 1.54) is 6.08 Å². The van der Waals surface area contributed by atoms with Crippen molar-refractivity contribution in [3.05, 3.63) is 112 Å². The van der Waals surface area contributed by atoms with Gasteiger partial charge in [0.2, 0.25) is 0 Å². The molecule has 4 amide bonds. The van der Waals surface area contributed by atoms with E-state index in [1.54, 1.807) is 37.3 Å². The number of fused-ring (bicyclic) bond motifs is 1. The van der Waals surface area contributed by atoms with Crippen LogP contribution in [0.3, 0.4) is 0 Å². The Balaban J connectivity index is 1.46. The van der Waals surface area contributed by atoms with Crippen LogP contribution in [-0.2, 0) is 16.2 Å². The molecule has 4 aromatic rings. The van der Waals surface area contributed by atoms with Gasteiger partial charge in [0.25, 0.3) is 11.8 Å². The lowest BCUT2D eigenvalue weighted by Gasteiger charge is -2.27. The van der Waals surface area contributed by atoms with Gasteiger partial charge in [0.1, 0.15) is 17.9 Å². The van der Waals surface area contributed by atoms with E-state index in [1.807, 2.05) is 42.5 Å². The lowest BCUT2D eigenvalue weighted by Crippen LogP contribution is -2.54. The number of carbonyl (C=O) groups is 3. The molecule has 0 saturated carbocycles. The highest BCUT2D eigenvalue weighted by Crippen LogP contribution is 2.30. The van der Waals surface area contributed by atoms with E-state index in [4.69, 9.17) is 4.74 Å². The highest BCUT2D eigenvalue weighted by molar-refractivity contribution is 9.10. The van der Waals surface area contributed by atoms with E-state index in [2.05, 4.69) is 33.4 Å². The molecule has 0 radical (unpaired) electrons. The number of ether oxygens (including phenoxy) is 1. The molecular weight excluding hydrogens is 520 g/mol. The minimum absolute atomic E-state index is 0.161. The molecule has 0 spiro atoms. The van der Waals surface area contributed by atoms with Crippen molar-refractivity contribution in [1.29, 1.82) is 0 Å². The van der Waals surface area contributed by atoms with Crippen molar-refractivity contribution in [1.82, 2.24) is 5.32 Å². The van der Waals surface area contributed by atoms with Gasteiger partial charge in [0, 0.05) is 10.0 Å². The largest absolute Gasteiger partial charge is 0.488 e. The van der Waals surface area contributed by atoms with Crippen LogP contribution in [0.15, 0.2) is 95.0 Å². The Bertz CT molecular complexity index is 1560. The Kier molecular flexibility index (Phi) is 6.40. The molecule has 7 heteroatoms. The molecule has 36 heavy (non-hydrogen) atoms. The third kappa shape index (κ3) is 4.65. The van der Waals surface area contributed by atoms with Crippen molar-refractivity contribution in [2.45, 2.75) is 13.5 Å². The van der Waals surface area contributed by atoms with E-state index in [0.29, 0.717) is 23.6 Å². The zero-order valence-corrected chi connectivity index (χ0v) is 20.9. The monoisotopic (exact) mass is 540 g/mol. The van der Waals surface area contributed by atoms with Gasteiger partial charge in [-0.05, 0) is 65.2 Å². The van der Waals surface area contributed by atoms with Gasteiger partial charge in [-0.2, -0.15) is 0 Å². The highest BCUT2D eigenvalue weighted by Gasteiger charge is 2.37. The van der Waals surface area contributed by atoms with E-state index in [-0.39, 0.29) is 5.57 Å². The SMILES string of the molecule is Cc1ccccc1N1C(=O)NC(=O)/C(=C\c2cc(Br)ccc2OCc2ccc3ccccc3c2)C1=O. The fraction of sp³-hybridized carbons (Fsp3) is 0.0690. The molecule has 1 heterocycles. The topological polar surface area (TPSA) is 75.7 Å². The molecule has 1 aliphatic heterocycles. The Morgan fingerprint density at radius 2 is 1.64 bits per heavy atom. The molecule has 0 bridgehead atoms. The second kappa shape index (κ2) is 9.79. The third-order valence-corrected chi connectivity index (χ3v) is 6.43. The summed E-state index contributed by atoms with van der Waals surface area (Å²) in [5.74, 6) is -0.951. The number of amides is 4. The van der Waals surface area contributed by atoms with Crippen molar-refractivity contribution in [3.63, 3.8) is 0 Å². The first kappa shape index (κ1) is 23.5. The first-order valence-electron chi connectivity index (χ1n) is 11.3. The lowest BCUT2D eigenvalue weighted by molar-refractivity contribution is -0.122. The summed E-state index contributed by atoms with van der Waals surface area (Å²) >= 11 is 3.45. The molecule has 0 aromatic heterocycles. The van der Waals surface area contributed by atoms with Crippen molar-refractivity contribution in [2.75, 3.05) is 4.90 Å². The molecule has 1 N–H and O–H groups in total. The Hall–Kier alpha value is -4.23. The molecule has 178 valence electrons. The first-order chi connectivity index (χ1) is 17.4. The predicted molar refractivity (Wildman–Crippen MR) is 143 cm³/mol. The van der Waals surface area contributed by atoms with Gasteiger partial charge in [-0.15, -0.1) is 0 Å². The fourth-order valence-corrected chi connectivity index (χ4v) is 4.48. The van der Waals surface area contributed by atoms with Gasteiger partial charge in [0.15, 0.2) is 0 Å². The summed E-state index contributed by atoms with van der Waals surface area (Å²) in [5.41, 5.74) is 2.50. The van der Waals surface area contributed by atoms with Crippen molar-refractivity contribution in [3.8, 4) is 5.75 Å². The summed E-state index contributed by atoms with van der Waals surface area (Å²) in [6.07, 6.45) is 1.45. The van der Waals surface area contributed by atoms with E-state index < -0.39 is 17.8 Å². The maximum absolute atomic E-state index is 13.3. The summed E-state index contributed by atoms with van der Waals surface area (Å²) in [6, 6.07) is 25.8. The number of benzene rings is 4. The number of imide groups is 2. The number of halogens is 1. The summed E-state index contributed by atoms with van der Waals surface area (Å²) in [7, 11) is 0. The number of rotatable bonds is 5. The summed E-state index contributed by atoms with van der Waals surface area (Å²) in [5, 5.41) is 4.53. The van der Waals surface area contributed by atoms with Crippen LogP contribution < -0.4 is 15.0 Å². The van der Waals surface area contributed by atoms with Crippen LogP contribution in [-0.4, -0.2) is 17.8 Å². The standard InChI is InChI=1S/C29H21BrN2O4/c1-18-6-2-5-9-25(18)32-28(34)24(27(33)31-29(32)35)16-22-15-23(30)12-13-26(22)36-17-19-10-11-20-7-3-4-8-21(20)14-19/h2-16H,17H2,1H3,(H,31,33,35)/b24-16+. The summed E-state index contributed by atoms with van der Waals surface area (Å²) in [4.78, 5) is 39.5. The van der Waals surface area contributed by atoms with Gasteiger partial charge >= 0.3 is 6.03 Å². The zero-order chi connectivity index (χ0) is 25.2. The second-order valence-corrected chi connectivity index (χ2v) is 9.31. The zero-order valence-electron chi connectivity index (χ0n) is 19.3.